The summed E-state index contributed by atoms with van der Waals surface area (Å²) in [5, 5.41) is 0. The van der Waals surface area contributed by atoms with Crippen molar-refractivity contribution < 1.29 is 8.42 Å². The molecule has 0 aliphatic carbocycles. The van der Waals surface area contributed by atoms with E-state index in [0.717, 1.165) is 36.2 Å². The van der Waals surface area contributed by atoms with E-state index in [-0.39, 0.29) is 17.4 Å². The molecule has 0 amide bonds. The molecular weight excluding hydrogens is 274 g/mol. The number of hydrogen-bond acceptors (Lipinski definition) is 5. The number of aromatic nitrogens is 2. The molecular formula is C14H23N3O2S. The minimum Gasteiger partial charge on any atom is -0.330 e. The minimum atomic E-state index is -2.90. The molecule has 20 heavy (non-hydrogen) atoms. The van der Waals surface area contributed by atoms with Crippen LogP contribution in [0.1, 0.15) is 49.0 Å². The molecule has 0 saturated carbocycles. The van der Waals surface area contributed by atoms with Crippen molar-refractivity contribution in [2.24, 2.45) is 5.73 Å². The Morgan fingerprint density at radius 2 is 1.80 bits per heavy atom. The van der Waals surface area contributed by atoms with Crippen molar-refractivity contribution in [3.8, 4) is 0 Å². The van der Waals surface area contributed by atoms with Gasteiger partial charge >= 0.3 is 0 Å². The third-order valence-corrected chi connectivity index (χ3v) is 5.63. The number of nitrogens with two attached hydrogens (primary N) is 1. The van der Waals surface area contributed by atoms with Gasteiger partial charge in [0.05, 0.1) is 11.5 Å². The Balaban J connectivity index is 2.40. The summed E-state index contributed by atoms with van der Waals surface area (Å²) in [5.41, 5.74) is 8.88. The van der Waals surface area contributed by atoms with Crippen LogP contribution in [-0.2, 0) is 29.1 Å². The smallest absolute Gasteiger partial charge is 0.151 e. The molecule has 5 nitrogen and oxygen atoms in total. The van der Waals surface area contributed by atoms with Gasteiger partial charge in [-0.2, -0.15) is 0 Å². The van der Waals surface area contributed by atoms with E-state index in [1.807, 2.05) is 0 Å². The van der Waals surface area contributed by atoms with Crippen LogP contribution in [0.3, 0.4) is 0 Å². The fourth-order valence-electron chi connectivity index (χ4n) is 2.80. The summed E-state index contributed by atoms with van der Waals surface area (Å²) in [6.07, 6.45) is 3.09. The van der Waals surface area contributed by atoms with Gasteiger partial charge in [0.1, 0.15) is 5.82 Å². The van der Waals surface area contributed by atoms with Gasteiger partial charge in [0.25, 0.3) is 0 Å². The van der Waals surface area contributed by atoms with Crippen LogP contribution in [0.2, 0.25) is 0 Å². The maximum Gasteiger partial charge on any atom is 0.151 e. The highest BCUT2D eigenvalue weighted by atomic mass is 32.2. The Morgan fingerprint density at radius 1 is 1.20 bits per heavy atom. The molecule has 0 aromatic carbocycles. The maximum atomic E-state index is 11.6. The second-order valence-corrected chi connectivity index (χ2v) is 7.53. The zero-order chi connectivity index (χ0) is 14.8. The van der Waals surface area contributed by atoms with E-state index in [9.17, 15) is 8.42 Å². The van der Waals surface area contributed by atoms with Crippen molar-refractivity contribution in [3.05, 3.63) is 22.8 Å². The van der Waals surface area contributed by atoms with Crippen LogP contribution >= 0.6 is 0 Å². The molecule has 112 valence electrons. The molecule has 1 aromatic heterocycles. The van der Waals surface area contributed by atoms with E-state index in [4.69, 9.17) is 5.73 Å². The molecule has 2 heterocycles. The van der Waals surface area contributed by atoms with Gasteiger partial charge < -0.3 is 5.73 Å². The molecule has 2 N–H and O–H groups in total. The number of nitrogens with zero attached hydrogens (tertiary/aromatic N) is 2. The van der Waals surface area contributed by atoms with Gasteiger partial charge in [0.15, 0.2) is 9.84 Å². The molecule has 2 rings (SSSR count). The quantitative estimate of drug-likeness (QED) is 0.876. The Labute approximate surface area is 120 Å². The molecule has 1 fully saturated rings. The molecule has 1 atom stereocenters. The average Bonchev–Trinajstić information content (AvgIpc) is 2.79. The van der Waals surface area contributed by atoms with Gasteiger partial charge in [-0.25, -0.2) is 18.4 Å². The minimum absolute atomic E-state index is 0.0393. The van der Waals surface area contributed by atoms with Crippen molar-refractivity contribution in [2.45, 2.75) is 45.4 Å². The molecule has 1 saturated heterocycles. The molecule has 0 spiro atoms. The third kappa shape index (κ3) is 3.17. The van der Waals surface area contributed by atoms with E-state index in [0.29, 0.717) is 18.8 Å². The van der Waals surface area contributed by atoms with E-state index >= 15 is 0 Å². The van der Waals surface area contributed by atoms with E-state index in [2.05, 4.69) is 23.8 Å². The molecule has 0 radical (unpaired) electrons. The zero-order valence-electron chi connectivity index (χ0n) is 12.2. The second-order valence-electron chi connectivity index (χ2n) is 5.30. The predicted octanol–water partition coefficient (Wildman–Crippen LogP) is 1.00. The van der Waals surface area contributed by atoms with Crippen molar-refractivity contribution in [2.75, 3.05) is 18.1 Å². The SMILES string of the molecule is CCc1nc(C2CCS(=O)(=O)C2)nc(CC)c1CCN. The van der Waals surface area contributed by atoms with Gasteiger partial charge in [-0.1, -0.05) is 13.8 Å². The van der Waals surface area contributed by atoms with Gasteiger partial charge in [0.2, 0.25) is 0 Å². The fourth-order valence-corrected chi connectivity index (χ4v) is 4.54. The monoisotopic (exact) mass is 297 g/mol. The van der Waals surface area contributed by atoms with Crippen LogP contribution in [0.4, 0.5) is 0 Å². The summed E-state index contributed by atoms with van der Waals surface area (Å²) in [6.45, 7) is 4.72. The van der Waals surface area contributed by atoms with Crippen molar-refractivity contribution in [3.63, 3.8) is 0 Å². The lowest BCUT2D eigenvalue weighted by Crippen LogP contribution is -2.16. The molecule has 1 unspecified atom stereocenters. The summed E-state index contributed by atoms with van der Waals surface area (Å²) >= 11 is 0. The predicted molar refractivity (Wildman–Crippen MR) is 79.6 cm³/mol. The van der Waals surface area contributed by atoms with Crippen molar-refractivity contribution in [1.29, 1.82) is 0 Å². The maximum absolute atomic E-state index is 11.6. The second kappa shape index (κ2) is 6.18. The zero-order valence-corrected chi connectivity index (χ0v) is 13.0. The topological polar surface area (TPSA) is 85.9 Å². The first-order valence-corrected chi connectivity index (χ1v) is 9.11. The lowest BCUT2D eigenvalue weighted by atomic mass is 10.0. The highest BCUT2D eigenvalue weighted by Gasteiger charge is 2.31. The number of sulfone groups is 1. The highest BCUT2D eigenvalue weighted by Crippen LogP contribution is 2.28. The summed E-state index contributed by atoms with van der Waals surface area (Å²) in [4.78, 5) is 9.27. The normalized spacial score (nSPS) is 21.2. The Kier molecular flexibility index (Phi) is 4.75. The largest absolute Gasteiger partial charge is 0.330 e. The first kappa shape index (κ1) is 15.4. The van der Waals surface area contributed by atoms with Crippen LogP contribution in [0.25, 0.3) is 0 Å². The first-order chi connectivity index (χ1) is 9.50. The number of aryl methyl sites for hydroxylation is 2. The van der Waals surface area contributed by atoms with E-state index < -0.39 is 9.84 Å². The average molecular weight is 297 g/mol. The van der Waals surface area contributed by atoms with E-state index in [1.54, 1.807) is 0 Å². The Hall–Kier alpha value is -1.01. The van der Waals surface area contributed by atoms with Crippen LogP contribution in [-0.4, -0.2) is 36.4 Å². The lowest BCUT2D eigenvalue weighted by Gasteiger charge is -2.15. The standard InChI is InChI=1S/C14H23N3O2S/c1-3-12-11(5-7-15)13(4-2)17-14(16-12)10-6-8-20(18,19)9-10/h10H,3-9,15H2,1-2H3. The fraction of sp³-hybridized carbons (Fsp3) is 0.714. The summed E-state index contributed by atoms with van der Waals surface area (Å²) < 4.78 is 23.2. The molecule has 6 heteroatoms. The summed E-state index contributed by atoms with van der Waals surface area (Å²) in [7, 11) is -2.90. The summed E-state index contributed by atoms with van der Waals surface area (Å²) in [6, 6.07) is 0. The molecule has 1 aliphatic heterocycles. The Bertz CT molecular complexity index is 559. The molecule has 1 aliphatic rings. The van der Waals surface area contributed by atoms with Gasteiger partial charge in [-0.05, 0) is 37.8 Å². The van der Waals surface area contributed by atoms with Crippen LogP contribution in [0, 0.1) is 0 Å². The van der Waals surface area contributed by atoms with Crippen LogP contribution in [0.5, 0.6) is 0 Å². The number of hydrogen-bond donors (Lipinski definition) is 1. The van der Waals surface area contributed by atoms with Gasteiger partial charge in [-0.15, -0.1) is 0 Å². The first-order valence-electron chi connectivity index (χ1n) is 7.29. The van der Waals surface area contributed by atoms with Crippen molar-refractivity contribution in [1.82, 2.24) is 9.97 Å². The Morgan fingerprint density at radius 3 is 2.20 bits per heavy atom. The van der Waals surface area contributed by atoms with Gasteiger partial charge in [-0.3, -0.25) is 0 Å². The van der Waals surface area contributed by atoms with E-state index in [1.165, 1.54) is 0 Å². The van der Waals surface area contributed by atoms with Crippen LogP contribution < -0.4 is 5.73 Å². The molecule has 0 bridgehead atoms. The van der Waals surface area contributed by atoms with Crippen LogP contribution in [0.15, 0.2) is 0 Å². The lowest BCUT2D eigenvalue weighted by molar-refractivity contribution is 0.600. The molecule has 1 aromatic rings. The van der Waals surface area contributed by atoms with Gasteiger partial charge in [0, 0.05) is 17.3 Å². The third-order valence-electron chi connectivity index (χ3n) is 3.86. The van der Waals surface area contributed by atoms with Crippen molar-refractivity contribution >= 4 is 9.84 Å². The number of rotatable bonds is 5. The summed E-state index contributed by atoms with van der Waals surface area (Å²) in [5.74, 6) is 1.12. The highest BCUT2D eigenvalue weighted by molar-refractivity contribution is 7.91.